The van der Waals surface area contributed by atoms with E-state index < -0.39 is 11.9 Å². The molecule has 0 aliphatic heterocycles. The fraction of sp³-hybridized carbons (Fsp3) is 0.500. The summed E-state index contributed by atoms with van der Waals surface area (Å²) < 4.78 is 37.2. The fourth-order valence-corrected chi connectivity index (χ4v) is 1.68. The average molecular weight is 216 g/mol. The van der Waals surface area contributed by atoms with Crippen LogP contribution in [0.2, 0.25) is 0 Å². The molecular weight excluding hydrogens is 205 g/mol. The van der Waals surface area contributed by atoms with Gasteiger partial charge in [0, 0.05) is 18.2 Å². The number of halogens is 3. The Morgan fingerprint density at radius 1 is 1.40 bits per heavy atom. The number of rotatable bonds is 2. The summed E-state index contributed by atoms with van der Waals surface area (Å²) in [7, 11) is 0. The minimum absolute atomic E-state index is 0.219. The number of pyridine rings is 1. The lowest BCUT2D eigenvalue weighted by Crippen LogP contribution is -2.20. The first-order valence-electron chi connectivity index (χ1n) is 4.72. The van der Waals surface area contributed by atoms with Gasteiger partial charge in [-0.25, -0.2) is 0 Å². The normalized spacial score (nSPS) is 18.9. The topological polar surface area (TPSA) is 38.9 Å². The highest BCUT2D eigenvalue weighted by molar-refractivity contribution is 5.32. The number of aromatic nitrogens is 1. The van der Waals surface area contributed by atoms with Crippen LogP contribution in [0.5, 0.6) is 0 Å². The zero-order valence-corrected chi connectivity index (χ0v) is 8.01. The van der Waals surface area contributed by atoms with Crippen molar-refractivity contribution in [1.82, 2.24) is 4.98 Å². The van der Waals surface area contributed by atoms with Gasteiger partial charge in [-0.05, 0) is 30.5 Å². The molecule has 0 unspecified atom stereocenters. The van der Waals surface area contributed by atoms with Crippen LogP contribution in [0.4, 0.5) is 13.2 Å². The zero-order chi connectivity index (χ0) is 11.1. The smallest absolute Gasteiger partial charge is 0.330 e. The number of nitrogens with zero attached hydrogens (tertiary/aromatic N) is 1. The Morgan fingerprint density at radius 2 is 2.07 bits per heavy atom. The highest BCUT2D eigenvalue weighted by Crippen LogP contribution is 2.47. The molecule has 2 nitrogen and oxygen atoms in total. The van der Waals surface area contributed by atoms with E-state index in [0.29, 0.717) is 12.1 Å². The van der Waals surface area contributed by atoms with E-state index in [9.17, 15) is 13.2 Å². The standard InChI is InChI=1S/C10H11F3N2/c11-10(12,13)8-5-7(1-4-15-8)9(6-14)2-3-9/h1,4-5H,2-3,6,14H2. The maximum Gasteiger partial charge on any atom is 0.433 e. The third-order valence-corrected chi connectivity index (χ3v) is 2.91. The summed E-state index contributed by atoms with van der Waals surface area (Å²) in [6.07, 6.45) is -1.44. The van der Waals surface area contributed by atoms with Gasteiger partial charge in [-0.15, -0.1) is 0 Å². The summed E-state index contributed by atoms with van der Waals surface area (Å²) in [5.74, 6) is 0. The van der Waals surface area contributed by atoms with E-state index in [-0.39, 0.29) is 5.41 Å². The highest BCUT2D eigenvalue weighted by atomic mass is 19.4. The molecule has 1 aliphatic rings. The molecule has 15 heavy (non-hydrogen) atoms. The second kappa shape index (κ2) is 3.20. The SMILES string of the molecule is NCC1(c2ccnc(C(F)(F)F)c2)CC1. The van der Waals surface area contributed by atoms with Crippen molar-refractivity contribution in [1.29, 1.82) is 0 Å². The first-order valence-corrected chi connectivity index (χ1v) is 4.72. The van der Waals surface area contributed by atoms with Gasteiger partial charge in [0.25, 0.3) is 0 Å². The van der Waals surface area contributed by atoms with E-state index in [1.165, 1.54) is 6.20 Å². The van der Waals surface area contributed by atoms with E-state index in [1.807, 2.05) is 0 Å². The molecule has 1 fully saturated rings. The predicted molar refractivity (Wildman–Crippen MR) is 49.2 cm³/mol. The highest BCUT2D eigenvalue weighted by Gasteiger charge is 2.44. The molecule has 1 aromatic rings. The van der Waals surface area contributed by atoms with Crippen LogP contribution in [0.1, 0.15) is 24.1 Å². The minimum Gasteiger partial charge on any atom is -0.330 e. The molecule has 0 atom stereocenters. The Morgan fingerprint density at radius 3 is 2.53 bits per heavy atom. The van der Waals surface area contributed by atoms with Gasteiger partial charge >= 0.3 is 6.18 Å². The molecule has 1 saturated carbocycles. The summed E-state index contributed by atoms with van der Waals surface area (Å²) in [4.78, 5) is 3.32. The molecule has 82 valence electrons. The first-order chi connectivity index (χ1) is 6.98. The molecular formula is C10H11F3N2. The molecule has 5 heteroatoms. The number of hydrogen-bond acceptors (Lipinski definition) is 2. The lowest BCUT2D eigenvalue weighted by atomic mass is 9.96. The van der Waals surface area contributed by atoms with Gasteiger partial charge in [-0.1, -0.05) is 0 Å². The molecule has 0 spiro atoms. The molecule has 0 bridgehead atoms. The van der Waals surface area contributed by atoms with Crippen molar-refractivity contribution in [2.24, 2.45) is 5.73 Å². The van der Waals surface area contributed by atoms with Crippen molar-refractivity contribution in [2.75, 3.05) is 6.54 Å². The monoisotopic (exact) mass is 216 g/mol. The summed E-state index contributed by atoms with van der Waals surface area (Å²) in [6.45, 7) is 0.397. The second-order valence-corrected chi connectivity index (χ2v) is 3.91. The van der Waals surface area contributed by atoms with E-state index in [0.717, 1.165) is 18.9 Å². The molecule has 0 aromatic carbocycles. The van der Waals surface area contributed by atoms with Crippen molar-refractivity contribution in [3.05, 3.63) is 29.6 Å². The number of hydrogen-bond donors (Lipinski definition) is 1. The predicted octanol–water partition coefficient (Wildman–Crippen LogP) is 2.09. The van der Waals surface area contributed by atoms with Gasteiger partial charge in [-0.3, -0.25) is 4.98 Å². The van der Waals surface area contributed by atoms with Crippen LogP contribution in [-0.2, 0) is 11.6 Å². The van der Waals surface area contributed by atoms with Crippen LogP contribution >= 0.6 is 0 Å². The van der Waals surface area contributed by atoms with E-state index >= 15 is 0 Å². The zero-order valence-electron chi connectivity index (χ0n) is 8.01. The van der Waals surface area contributed by atoms with Gasteiger partial charge in [0.2, 0.25) is 0 Å². The van der Waals surface area contributed by atoms with Crippen LogP contribution in [0, 0.1) is 0 Å². The van der Waals surface area contributed by atoms with Crippen molar-refractivity contribution < 1.29 is 13.2 Å². The Hall–Kier alpha value is -1.10. The summed E-state index contributed by atoms with van der Waals surface area (Å²) >= 11 is 0. The van der Waals surface area contributed by atoms with Crippen molar-refractivity contribution in [3.63, 3.8) is 0 Å². The number of alkyl halides is 3. The summed E-state index contributed by atoms with van der Waals surface area (Å²) in [5, 5.41) is 0. The van der Waals surface area contributed by atoms with Crippen molar-refractivity contribution >= 4 is 0 Å². The molecule has 1 aromatic heterocycles. The van der Waals surface area contributed by atoms with Gasteiger partial charge in [-0.2, -0.15) is 13.2 Å². The van der Waals surface area contributed by atoms with Crippen molar-refractivity contribution in [3.8, 4) is 0 Å². The second-order valence-electron chi connectivity index (χ2n) is 3.91. The molecule has 2 N–H and O–H groups in total. The third kappa shape index (κ3) is 1.84. The summed E-state index contributed by atoms with van der Waals surface area (Å²) in [5.41, 5.74) is 5.16. The minimum atomic E-state index is -4.37. The molecule has 1 heterocycles. The Bertz CT molecular complexity index is 369. The van der Waals surface area contributed by atoms with Gasteiger partial charge in [0.15, 0.2) is 0 Å². The van der Waals surface area contributed by atoms with Crippen molar-refractivity contribution in [2.45, 2.75) is 24.4 Å². The van der Waals surface area contributed by atoms with E-state index in [1.54, 1.807) is 6.07 Å². The van der Waals surface area contributed by atoms with E-state index in [2.05, 4.69) is 4.98 Å². The lowest BCUT2D eigenvalue weighted by Gasteiger charge is -2.14. The third-order valence-electron chi connectivity index (χ3n) is 2.91. The van der Waals surface area contributed by atoms with Crippen LogP contribution in [-0.4, -0.2) is 11.5 Å². The van der Waals surface area contributed by atoms with Crippen LogP contribution in [0.3, 0.4) is 0 Å². The molecule has 0 radical (unpaired) electrons. The van der Waals surface area contributed by atoms with Gasteiger partial charge in [0.1, 0.15) is 5.69 Å². The van der Waals surface area contributed by atoms with Crippen LogP contribution in [0.15, 0.2) is 18.3 Å². The van der Waals surface area contributed by atoms with Crippen LogP contribution < -0.4 is 5.73 Å². The molecule has 0 amide bonds. The Kier molecular flexibility index (Phi) is 2.22. The molecule has 0 saturated heterocycles. The Labute approximate surface area is 85.3 Å². The van der Waals surface area contributed by atoms with E-state index in [4.69, 9.17) is 5.73 Å². The van der Waals surface area contributed by atoms with Gasteiger partial charge < -0.3 is 5.73 Å². The Balaban J connectivity index is 2.35. The fourth-order valence-electron chi connectivity index (χ4n) is 1.68. The summed E-state index contributed by atoms with van der Waals surface area (Å²) in [6, 6.07) is 2.73. The maximum absolute atomic E-state index is 12.4. The quantitative estimate of drug-likeness (QED) is 0.822. The average Bonchev–Trinajstić information content (AvgIpc) is 2.97. The molecule has 1 aliphatic carbocycles. The largest absolute Gasteiger partial charge is 0.433 e. The lowest BCUT2D eigenvalue weighted by molar-refractivity contribution is -0.141. The molecule has 2 rings (SSSR count). The first kappa shape index (κ1) is 10.4. The van der Waals surface area contributed by atoms with Gasteiger partial charge in [0.05, 0.1) is 0 Å². The number of nitrogens with two attached hydrogens (primary N) is 1. The maximum atomic E-state index is 12.4. The van der Waals surface area contributed by atoms with Crippen LogP contribution in [0.25, 0.3) is 0 Å².